The Labute approximate surface area is 154 Å². The molecule has 0 spiro atoms. The minimum Gasteiger partial charge on any atom is -0.496 e. The lowest BCUT2D eigenvalue weighted by molar-refractivity contribution is 0.306. The number of halogens is 1. The van der Waals surface area contributed by atoms with E-state index in [0.717, 1.165) is 33.8 Å². The average Bonchev–Trinajstić information content (AvgIpc) is 2.67. The van der Waals surface area contributed by atoms with Gasteiger partial charge < -0.3 is 15.2 Å². The number of methoxy groups -OCH3 is 1. The third-order valence-electron chi connectivity index (χ3n) is 3.94. The van der Waals surface area contributed by atoms with Crippen LogP contribution in [-0.4, -0.2) is 7.11 Å². The molecule has 0 amide bonds. The van der Waals surface area contributed by atoms with E-state index < -0.39 is 0 Å². The van der Waals surface area contributed by atoms with Gasteiger partial charge in [0.1, 0.15) is 18.1 Å². The molecular formula is C21H22ClNO2. The Bertz CT molecular complexity index is 789. The summed E-state index contributed by atoms with van der Waals surface area (Å²) in [5.41, 5.74) is 10.2. The molecule has 0 unspecified atom stereocenters. The summed E-state index contributed by atoms with van der Waals surface area (Å²) in [4.78, 5) is 0. The first kappa shape index (κ1) is 18.8. The number of nitrogens with two attached hydrogens (primary N) is 1. The Morgan fingerprint density at radius 3 is 2.16 bits per heavy atom. The number of hydrogen-bond donors (Lipinski definition) is 1. The molecule has 3 aromatic rings. The van der Waals surface area contributed by atoms with Gasteiger partial charge in [0.15, 0.2) is 0 Å². The summed E-state index contributed by atoms with van der Waals surface area (Å²) in [6.45, 7) is 1.02. The first-order chi connectivity index (χ1) is 11.8. The Morgan fingerprint density at radius 1 is 0.840 bits per heavy atom. The van der Waals surface area contributed by atoms with Crippen LogP contribution in [-0.2, 0) is 13.2 Å². The van der Waals surface area contributed by atoms with Gasteiger partial charge in [0.05, 0.1) is 7.11 Å². The Kier molecular flexibility index (Phi) is 6.87. The number of benzene rings is 3. The minimum absolute atomic E-state index is 0. The summed E-state index contributed by atoms with van der Waals surface area (Å²) < 4.78 is 11.1. The van der Waals surface area contributed by atoms with Crippen molar-refractivity contribution >= 4 is 12.4 Å². The molecule has 0 fully saturated rings. The minimum atomic E-state index is 0. The predicted octanol–water partition coefficient (Wildman–Crippen LogP) is 4.82. The Balaban J connectivity index is 0.00000225. The lowest BCUT2D eigenvalue weighted by atomic mass is 10.0. The van der Waals surface area contributed by atoms with Crippen molar-refractivity contribution in [1.82, 2.24) is 0 Å². The SMILES string of the molecule is COc1ccc(-c2ccc(OCc3ccccc3)cc2)cc1CN.Cl. The van der Waals surface area contributed by atoms with E-state index in [0.29, 0.717) is 13.2 Å². The van der Waals surface area contributed by atoms with Crippen molar-refractivity contribution in [1.29, 1.82) is 0 Å². The zero-order chi connectivity index (χ0) is 16.8. The topological polar surface area (TPSA) is 44.5 Å². The molecule has 3 rings (SSSR count). The van der Waals surface area contributed by atoms with Gasteiger partial charge in [0.25, 0.3) is 0 Å². The second-order valence-corrected chi connectivity index (χ2v) is 5.53. The third-order valence-corrected chi connectivity index (χ3v) is 3.94. The highest BCUT2D eigenvalue weighted by Crippen LogP contribution is 2.28. The van der Waals surface area contributed by atoms with Crippen LogP contribution in [0.4, 0.5) is 0 Å². The van der Waals surface area contributed by atoms with E-state index in [2.05, 4.69) is 30.3 Å². The highest BCUT2D eigenvalue weighted by Gasteiger charge is 2.05. The lowest BCUT2D eigenvalue weighted by Crippen LogP contribution is -2.00. The van der Waals surface area contributed by atoms with Crippen molar-refractivity contribution in [3.05, 3.63) is 83.9 Å². The van der Waals surface area contributed by atoms with Crippen molar-refractivity contribution in [2.75, 3.05) is 7.11 Å². The molecule has 0 heterocycles. The molecule has 25 heavy (non-hydrogen) atoms. The van der Waals surface area contributed by atoms with Gasteiger partial charge in [-0.25, -0.2) is 0 Å². The molecule has 0 saturated carbocycles. The van der Waals surface area contributed by atoms with Gasteiger partial charge in [-0.15, -0.1) is 12.4 Å². The third kappa shape index (κ3) is 4.75. The molecule has 0 saturated heterocycles. The number of rotatable bonds is 6. The van der Waals surface area contributed by atoms with Crippen molar-refractivity contribution < 1.29 is 9.47 Å². The zero-order valence-corrected chi connectivity index (χ0v) is 15.0. The maximum Gasteiger partial charge on any atom is 0.123 e. The summed E-state index contributed by atoms with van der Waals surface area (Å²) >= 11 is 0. The van der Waals surface area contributed by atoms with Crippen LogP contribution in [0.2, 0.25) is 0 Å². The van der Waals surface area contributed by atoms with Gasteiger partial charge in [-0.1, -0.05) is 48.5 Å². The van der Waals surface area contributed by atoms with Crippen LogP contribution in [0.5, 0.6) is 11.5 Å². The fourth-order valence-corrected chi connectivity index (χ4v) is 2.60. The van der Waals surface area contributed by atoms with Crippen LogP contribution < -0.4 is 15.2 Å². The quantitative estimate of drug-likeness (QED) is 0.689. The molecule has 0 aliphatic rings. The molecule has 3 aromatic carbocycles. The number of ether oxygens (including phenoxy) is 2. The normalized spacial score (nSPS) is 10.0. The fourth-order valence-electron chi connectivity index (χ4n) is 2.60. The Morgan fingerprint density at radius 2 is 1.52 bits per heavy atom. The van der Waals surface area contributed by atoms with E-state index in [1.54, 1.807) is 7.11 Å². The molecule has 3 nitrogen and oxygen atoms in total. The predicted molar refractivity (Wildman–Crippen MR) is 104 cm³/mol. The molecule has 4 heteroatoms. The van der Waals surface area contributed by atoms with Crippen LogP contribution in [0.1, 0.15) is 11.1 Å². The van der Waals surface area contributed by atoms with Crippen molar-refractivity contribution in [2.24, 2.45) is 5.73 Å². The monoisotopic (exact) mass is 355 g/mol. The number of hydrogen-bond acceptors (Lipinski definition) is 3. The highest BCUT2D eigenvalue weighted by molar-refractivity contribution is 5.85. The van der Waals surface area contributed by atoms with Crippen molar-refractivity contribution in [3.63, 3.8) is 0 Å². The zero-order valence-electron chi connectivity index (χ0n) is 14.1. The molecule has 0 radical (unpaired) electrons. The van der Waals surface area contributed by atoms with Gasteiger partial charge in [-0.2, -0.15) is 0 Å². The first-order valence-electron chi connectivity index (χ1n) is 7.94. The maximum atomic E-state index is 5.82. The lowest BCUT2D eigenvalue weighted by Gasteiger charge is -2.10. The summed E-state index contributed by atoms with van der Waals surface area (Å²) in [7, 11) is 1.66. The van der Waals surface area contributed by atoms with E-state index >= 15 is 0 Å². The molecule has 0 aliphatic heterocycles. The van der Waals surface area contributed by atoms with Gasteiger partial charge in [-0.3, -0.25) is 0 Å². The Hall–Kier alpha value is -2.49. The van der Waals surface area contributed by atoms with Crippen LogP contribution in [0.25, 0.3) is 11.1 Å². The molecule has 0 atom stereocenters. The van der Waals surface area contributed by atoms with Crippen molar-refractivity contribution in [3.8, 4) is 22.6 Å². The van der Waals surface area contributed by atoms with E-state index in [9.17, 15) is 0 Å². The van der Waals surface area contributed by atoms with Gasteiger partial charge >= 0.3 is 0 Å². The largest absolute Gasteiger partial charge is 0.496 e. The average molecular weight is 356 g/mol. The van der Waals surface area contributed by atoms with Gasteiger partial charge in [0, 0.05) is 12.1 Å². The van der Waals surface area contributed by atoms with E-state index in [-0.39, 0.29) is 12.4 Å². The van der Waals surface area contributed by atoms with E-state index in [1.807, 2.05) is 42.5 Å². The summed E-state index contributed by atoms with van der Waals surface area (Å²) in [6.07, 6.45) is 0. The van der Waals surface area contributed by atoms with E-state index in [4.69, 9.17) is 15.2 Å². The molecule has 130 valence electrons. The van der Waals surface area contributed by atoms with Gasteiger partial charge in [0.2, 0.25) is 0 Å². The summed E-state index contributed by atoms with van der Waals surface area (Å²) in [5, 5.41) is 0. The molecule has 0 aliphatic carbocycles. The van der Waals surface area contributed by atoms with Crippen LogP contribution in [0, 0.1) is 0 Å². The second-order valence-electron chi connectivity index (χ2n) is 5.53. The summed E-state index contributed by atoms with van der Waals surface area (Å²) in [5.74, 6) is 1.68. The molecule has 0 aromatic heterocycles. The maximum absolute atomic E-state index is 5.82. The standard InChI is InChI=1S/C21H21NO2.ClH/c1-23-21-12-9-18(13-19(21)14-22)17-7-10-20(11-8-17)24-15-16-5-3-2-4-6-16;/h2-13H,14-15,22H2,1H3;1H. The molecular weight excluding hydrogens is 334 g/mol. The molecule has 0 bridgehead atoms. The van der Waals surface area contributed by atoms with Crippen molar-refractivity contribution in [2.45, 2.75) is 13.2 Å². The highest BCUT2D eigenvalue weighted by atomic mass is 35.5. The van der Waals surface area contributed by atoms with Crippen LogP contribution >= 0.6 is 12.4 Å². The first-order valence-corrected chi connectivity index (χ1v) is 7.94. The second kappa shape index (κ2) is 9.11. The van der Waals surface area contributed by atoms with Gasteiger partial charge in [-0.05, 0) is 41.0 Å². The smallest absolute Gasteiger partial charge is 0.123 e. The summed E-state index contributed by atoms with van der Waals surface area (Å²) in [6, 6.07) is 24.3. The fraction of sp³-hybridized carbons (Fsp3) is 0.143. The van der Waals surface area contributed by atoms with E-state index in [1.165, 1.54) is 0 Å². The molecule has 2 N–H and O–H groups in total. The van der Waals surface area contributed by atoms with Crippen LogP contribution in [0.15, 0.2) is 72.8 Å². The van der Waals surface area contributed by atoms with Crippen LogP contribution in [0.3, 0.4) is 0 Å².